The number of amides is 1. The van der Waals surface area contributed by atoms with Gasteiger partial charge in [0.2, 0.25) is 5.91 Å². The lowest BCUT2D eigenvalue weighted by Gasteiger charge is -2.31. The topological polar surface area (TPSA) is 68.4 Å². The number of hydrogen-bond acceptors (Lipinski definition) is 3. The molecule has 1 fully saturated rings. The van der Waals surface area contributed by atoms with Gasteiger partial charge < -0.3 is 15.4 Å². The Balaban J connectivity index is 1.59. The van der Waals surface area contributed by atoms with Crippen LogP contribution in [0.5, 0.6) is 0 Å². The summed E-state index contributed by atoms with van der Waals surface area (Å²) >= 11 is 0. The number of aromatic amines is 1. The van der Waals surface area contributed by atoms with E-state index in [4.69, 9.17) is 0 Å². The number of rotatable bonds is 4. The number of nitrogens with one attached hydrogen (secondary N) is 2. The Bertz CT molecular complexity index is 792. The molecule has 1 aromatic carbocycles. The molecule has 0 spiro atoms. The van der Waals surface area contributed by atoms with Crippen LogP contribution in [-0.4, -0.2) is 40.1 Å². The van der Waals surface area contributed by atoms with Crippen molar-refractivity contribution in [1.82, 2.24) is 9.88 Å². The van der Waals surface area contributed by atoms with Gasteiger partial charge in [-0.05, 0) is 61.3 Å². The molecule has 0 radical (unpaired) electrons. The van der Waals surface area contributed by atoms with Gasteiger partial charge in [0, 0.05) is 23.0 Å². The summed E-state index contributed by atoms with van der Waals surface area (Å²) in [6.07, 6.45) is 4.09. The van der Waals surface area contributed by atoms with Gasteiger partial charge in [-0.3, -0.25) is 9.69 Å². The summed E-state index contributed by atoms with van der Waals surface area (Å²) < 4.78 is 0. The van der Waals surface area contributed by atoms with Crippen molar-refractivity contribution in [1.29, 1.82) is 0 Å². The fraction of sp³-hybridized carbons (Fsp3) is 0.476. The largest absolute Gasteiger partial charge is 0.390 e. The monoisotopic (exact) mass is 353 g/mol. The van der Waals surface area contributed by atoms with Crippen molar-refractivity contribution in [3.05, 3.63) is 53.3 Å². The van der Waals surface area contributed by atoms with Crippen LogP contribution in [0.15, 0.2) is 36.5 Å². The number of aromatic nitrogens is 1. The number of aliphatic hydroxyl groups is 1. The molecule has 0 bridgehead atoms. The van der Waals surface area contributed by atoms with E-state index in [1.165, 1.54) is 18.4 Å². The van der Waals surface area contributed by atoms with Gasteiger partial charge in [-0.25, -0.2) is 0 Å². The van der Waals surface area contributed by atoms with Crippen molar-refractivity contribution >= 4 is 11.6 Å². The quantitative estimate of drug-likeness (QED) is 0.791. The minimum atomic E-state index is -0.430. The van der Waals surface area contributed by atoms with Gasteiger partial charge in [0.25, 0.3) is 0 Å². The maximum Gasteiger partial charge on any atom is 0.230 e. The lowest BCUT2D eigenvalue weighted by atomic mass is 9.84. The van der Waals surface area contributed by atoms with Crippen molar-refractivity contribution < 1.29 is 9.90 Å². The zero-order valence-corrected chi connectivity index (χ0v) is 15.5. The van der Waals surface area contributed by atoms with Crippen LogP contribution in [-0.2, 0) is 16.6 Å². The van der Waals surface area contributed by atoms with E-state index in [-0.39, 0.29) is 17.4 Å². The van der Waals surface area contributed by atoms with Crippen LogP contribution in [0.25, 0.3) is 0 Å². The first-order chi connectivity index (χ1) is 12.5. The van der Waals surface area contributed by atoms with Crippen molar-refractivity contribution in [2.24, 2.45) is 0 Å². The molecule has 3 N–H and O–H groups in total. The van der Waals surface area contributed by atoms with Crippen LogP contribution >= 0.6 is 0 Å². The van der Waals surface area contributed by atoms with E-state index in [9.17, 15) is 9.90 Å². The molecule has 1 aliphatic heterocycles. The molecule has 2 atom stereocenters. The lowest BCUT2D eigenvalue weighted by Crippen LogP contribution is -2.38. The number of carbonyl (C=O) groups is 1. The van der Waals surface area contributed by atoms with Crippen molar-refractivity contribution in [3.63, 3.8) is 0 Å². The summed E-state index contributed by atoms with van der Waals surface area (Å²) in [7, 11) is 0. The zero-order chi connectivity index (χ0) is 18.3. The second-order valence-electron chi connectivity index (χ2n) is 8.08. The van der Waals surface area contributed by atoms with Crippen molar-refractivity contribution in [2.45, 2.75) is 50.7 Å². The van der Waals surface area contributed by atoms with Crippen LogP contribution in [0, 0.1) is 0 Å². The molecule has 2 unspecified atom stereocenters. The average Bonchev–Trinajstić information content (AvgIpc) is 3.31. The van der Waals surface area contributed by atoms with Gasteiger partial charge in [-0.1, -0.05) is 19.9 Å². The number of benzene rings is 1. The summed E-state index contributed by atoms with van der Waals surface area (Å²) in [5.41, 5.74) is 3.76. The Kier molecular flexibility index (Phi) is 4.37. The molecule has 2 heterocycles. The molecule has 2 aromatic rings. The molecular formula is C21H27N3O2. The summed E-state index contributed by atoms with van der Waals surface area (Å²) in [5, 5.41) is 14.0. The third-order valence-electron chi connectivity index (χ3n) is 5.93. The van der Waals surface area contributed by atoms with E-state index in [2.05, 4.69) is 41.2 Å². The van der Waals surface area contributed by atoms with Crippen LogP contribution in [0.3, 0.4) is 0 Å². The highest BCUT2D eigenvalue weighted by Gasteiger charge is 2.48. The van der Waals surface area contributed by atoms with Gasteiger partial charge >= 0.3 is 0 Å². The van der Waals surface area contributed by atoms with Gasteiger partial charge in [-0.15, -0.1) is 0 Å². The van der Waals surface area contributed by atoms with Crippen LogP contribution in [0.2, 0.25) is 0 Å². The van der Waals surface area contributed by atoms with Crippen molar-refractivity contribution in [3.8, 4) is 0 Å². The van der Waals surface area contributed by atoms with Gasteiger partial charge in [0.1, 0.15) is 0 Å². The molecule has 1 saturated heterocycles. The highest BCUT2D eigenvalue weighted by Crippen LogP contribution is 2.48. The predicted molar refractivity (Wildman–Crippen MR) is 102 cm³/mol. The Hall–Kier alpha value is -2.11. The second kappa shape index (κ2) is 6.56. The number of H-pyrrole nitrogens is 1. The Labute approximate surface area is 154 Å². The molecule has 2 aliphatic rings. The molecule has 1 amide bonds. The van der Waals surface area contributed by atoms with Crippen molar-refractivity contribution in [2.75, 3.05) is 18.4 Å². The predicted octanol–water partition coefficient (Wildman–Crippen LogP) is 2.98. The highest BCUT2D eigenvalue weighted by molar-refractivity contribution is 5.92. The van der Waals surface area contributed by atoms with E-state index in [0.717, 1.165) is 30.0 Å². The van der Waals surface area contributed by atoms with E-state index in [0.29, 0.717) is 6.42 Å². The normalized spacial score (nSPS) is 24.6. The van der Waals surface area contributed by atoms with Crippen LogP contribution in [0.1, 0.15) is 49.6 Å². The molecule has 1 aliphatic carbocycles. The van der Waals surface area contributed by atoms with E-state index >= 15 is 0 Å². The number of nitrogens with zero attached hydrogens (tertiary/aromatic N) is 1. The van der Waals surface area contributed by atoms with Crippen LogP contribution < -0.4 is 5.32 Å². The maximum absolute atomic E-state index is 12.3. The molecule has 0 saturated carbocycles. The molecule has 26 heavy (non-hydrogen) atoms. The number of anilines is 1. The molecule has 138 valence electrons. The standard InChI is InChI=1S/C21H27N3O2/c1-21(2)17-8-7-15(23-18(25)13-14-6-5-9-22-14)12-16(17)19(20(21)26)24-10-3-4-11-24/h5-9,12,19-20,22,26H,3-4,10-11,13H2,1-2H3,(H,23,25). The van der Waals surface area contributed by atoms with E-state index in [1.807, 2.05) is 24.4 Å². The second-order valence-corrected chi connectivity index (χ2v) is 8.08. The summed E-state index contributed by atoms with van der Waals surface area (Å²) in [4.78, 5) is 17.8. The number of aliphatic hydroxyl groups excluding tert-OH is 1. The Morgan fingerprint density at radius 1 is 1.31 bits per heavy atom. The summed E-state index contributed by atoms with van der Waals surface area (Å²) in [6.45, 7) is 6.27. The highest BCUT2D eigenvalue weighted by atomic mass is 16.3. The third kappa shape index (κ3) is 2.95. The number of fused-ring (bicyclic) bond motifs is 1. The zero-order valence-electron chi connectivity index (χ0n) is 15.5. The molecule has 4 rings (SSSR count). The fourth-order valence-electron chi connectivity index (χ4n) is 4.47. The Morgan fingerprint density at radius 2 is 2.08 bits per heavy atom. The first-order valence-corrected chi connectivity index (χ1v) is 9.45. The molecule has 5 nitrogen and oxygen atoms in total. The fourth-order valence-corrected chi connectivity index (χ4v) is 4.47. The maximum atomic E-state index is 12.3. The van der Waals surface area contributed by atoms with Gasteiger partial charge in [0.15, 0.2) is 0 Å². The number of carbonyl (C=O) groups excluding carboxylic acids is 1. The molecular weight excluding hydrogens is 326 g/mol. The Morgan fingerprint density at radius 3 is 2.77 bits per heavy atom. The minimum absolute atomic E-state index is 0.0164. The SMILES string of the molecule is CC1(C)c2ccc(NC(=O)Cc3ccc[nH]3)cc2C(N2CCCC2)C1O. The first-order valence-electron chi connectivity index (χ1n) is 9.45. The lowest BCUT2D eigenvalue weighted by molar-refractivity contribution is -0.115. The number of hydrogen-bond donors (Lipinski definition) is 3. The first kappa shape index (κ1) is 17.3. The summed E-state index contributed by atoms with van der Waals surface area (Å²) in [6, 6.07) is 9.89. The summed E-state index contributed by atoms with van der Waals surface area (Å²) in [5.74, 6) is -0.0390. The van der Waals surface area contributed by atoms with Gasteiger partial charge in [-0.2, -0.15) is 0 Å². The smallest absolute Gasteiger partial charge is 0.230 e. The van der Waals surface area contributed by atoms with E-state index in [1.54, 1.807) is 0 Å². The average molecular weight is 353 g/mol. The van der Waals surface area contributed by atoms with Crippen LogP contribution in [0.4, 0.5) is 5.69 Å². The third-order valence-corrected chi connectivity index (χ3v) is 5.93. The minimum Gasteiger partial charge on any atom is -0.390 e. The van der Waals surface area contributed by atoms with Gasteiger partial charge in [0.05, 0.1) is 18.6 Å². The molecule has 5 heteroatoms. The molecule has 1 aromatic heterocycles. The number of likely N-dealkylation sites (tertiary alicyclic amines) is 1. The van der Waals surface area contributed by atoms with E-state index < -0.39 is 6.10 Å².